The normalized spacial score (nSPS) is 9.88. The number of nitrogens with one attached hydrogen (secondary N) is 1. The fourth-order valence-electron chi connectivity index (χ4n) is 1.89. The van der Waals surface area contributed by atoms with Gasteiger partial charge in [0.2, 0.25) is 0 Å². The van der Waals surface area contributed by atoms with Crippen molar-refractivity contribution >= 4 is 23.5 Å². The summed E-state index contributed by atoms with van der Waals surface area (Å²) in [5, 5.41) is 2.58. The first-order chi connectivity index (χ1) is 11.6. The minimum absolute atomic E-state index is 0.296. The monoisotopic (exact) mass is 327 g/mol. The van der Waals surface area contributed by atoms with Crippen LogP contribution in [0, 0.1) is 0 Å². The van der Waals surface area contributed by atoms with Gasteiger partial charge in [0.1, 0.15) is 0 Å². The first-order valence-corrected chi connectivity index (χ1v) is 7.39. The second-order valence-corrected chi connectivity index (χ2v) is 4.79. The van der Waals surface area contributed by atoms with Gasteiger partial charge in [0.25, 0.3) is 5.91 Å². The van der Waals surface area contributed by atoms with E-state index in [0.717, 1.165) is 0 Å². The van der Waals surface area contributed by atoms with Crippen LogP contribution >= 0.6 is 0 Å². The third kappa shape index (κ3) is 4.95. The summed E-state index contributed by atoms with van der Waals surface area (Å²) in [7, 11) is 0. The maximum absolute atomic E-state index is 11.8. The fraction of sp³-hybridized carbons (Fsp3) is 0.167. The lowest BCUT2D eigenvalue weighted by atomic mass is 10.2. The minimum atomic E-state index is -0.566. The predicted octanol–water partition coefficient (Wildman–Crippen LogP) is 2.66. The number of carbonyl (C=O) groups excluding carboxylic acids is 3. The van der Waals surface area contributed by atoms with E-state index in [1.807, 2.05) is 0 Å². The van der Waals surface area contributed by atoms with Crippen molar-refractivity contribution in [3.05, 3.63) is 65.7 Å². The Morgan fingerprint density at radius 1 is 0.833 bits per heavy atom. The summed E-state index contributed by atoms with van der Waals surface area (Å²) < 4.78 is 9.80. The van der Waals surface area contributed by atoms with Crippen molar-refractivity contribution in [1.82, 2.24) is 0 Å². The lowest BCUT2D eigenvalue weighted by molar-refractivity contribution is -0.119. The van der Waals surface area contributed by atoms with Crippen molar-refractivity contribution in [2.45, 2.75) is 6.92 Å². The van der Waals surface area contributed by atoms with Gasteiger partial charge < -0.3 is 14.8 Å². The molecular weight excluding hydrogens is 310 g/mol. The number of esters is 2. The number of rotatable bonds is 6. The summed E-state index contributed by atoms with van der Waals surface area (Å²) in [4.78, 5) is 35.0. The van der Waals surface area contributed by atoms with Crippen molar-refractivity contribution in [3.63, 3.8) is 0 Å². The van der Waals surface area contributed by atoms with Crippen LogP contribution in [0.1, 0.15) is 27.6 Å². The predicted molar refractivity (Wildman–Crippen MR) is 87.8 cm³/mol. The summed E-state index contributed by atoms with van der Waals surface area (Å²) >= 11 is 0. The van der Waals surface area contributed by atoms with Gasteiger partial charge in [-0.15, -0.1) is 0 Å². The molecule has 0 saturated heterocycles. The highest BCUT2D eigenvalue weighted by molar-refractivity contribution is 5.96. The quantitative estimate of drug-likeness (QED) is 0.825. The number of anilines is 1. The molecular formula is C18H17NO5. The van der Waals surface area contributed by atoms with Crippen molar-refractivity contribution in [3.8, 4) is 0 Å². The largest absolute Gasteiger partial charge is 0.462 e. The molecule has 0 atom stereocenters. The lowest BCUT2D eigenvalue weighted by Gasteiger charge is -2.07. The first kappa shape index (κ1) is 17.2. The molecule has 0 unspecified atom stereocenters. The van der Waals surface area contributed by atoms with Crippen LogP contribution in [0.4, 0.5) is 5.69 Å². The minimum Gasteiger partial charge on any atom is -0.462 e. The molecule has 6 nitrogen and oxygen atoms in total. The highest BCUT2D eigenvalue weighted by Crippen LogP contribution is 2.10. The van der Waals surface area contributed by atoms with E-state index in [-0.39, 0.29) is 0 Å². The van der Waals surface area contributed by atoms with Gasteiger partial charge in [-0.25, -0.2) is 9.59 Å². The van der Waals surface area contributed by atoms with E-state index < -0.39 is 24.5 Å². The molecule has 124 valence electrons. The molecule has 0 aromatic heterocycles. The number of ether oxygens (including phenoxy) is 2. The van der Waals surface area contributed by atoms with Crippen LogP contribution in [-0.4, -0.2) is 31.1 Å². The van der Waals surface area contributed by atoms with E-state index in [9.17, 15) is 14.4 Å². The van der Waals surface area contributed by atoms with Gasteiger partial charge in [0, 0.05) is 5.69 Å². The standard InChI is InChI=1S/C18H17NO5/c1-2-23-17(21)14-8-10-15(11-9-14)19-16(20)12-24-18(22)13-6-4-3-5-7-13/h3-11H,2,12H2,1H3,(H,19,20). The zero-order valence-electron chi connectivity index (χ0n) is 13.2. The Morgan fingerprint density at radius 3 is 2.04 bits per heavy atom. The topological polar surface area (TPSA) is 81.7 Å². The van der Waals surface area contributed by atoms with Crippen molar-refractivity contribution in [1.29, 1.82) is 0 Å². The number of amides is 1. The zero-order valence-corrected chi connectivity index (χ0v) is 13.2. The molecule has 1 amide bonds. The number of hydrogen-bond acceptors (Lipinski definition) is 5. The maximum atomic E-state index is 11.8. The summed E-state index contributed by atoms with van der Waals surface area (Å²) in [6.45, 7) is 1.63. The molecule has 24 heavy (non-hydrogen) atoms. The molecule has 0 radical (unpaired) electrons. The number of benzene rings is 2. The Balaban J connectivity index is 1.84. The molecule has 2 aromatic rings. The zero-order chi connectivity index (χ0) is 17.4. The Labute approximate surface area is 139 Å². The van der Waals surface area contributed by atoms with Gasteiger partial charge in [-0.2, -0.15) is 0 Å². The Morgan fingerprint density at radius 2 is 1.42 bits per heavy atom. The summed E-state index contributed by atoms with van der Waals surface area (Å²) in [6, 6.07) is 14.6. The van der Waals surface area contributed by atoms with Gasteiger partial charge in [-0.05, 0) is 43.3 Å². The number of hydrogen-bond donors (Lipinski definition) is 1. The molecule has 0 aliphatic rings. The molecule has 0 spiro atoms. The first-order valence-electron chi connectivity index (χ1n) is 7.39. The molecule has 2 aromatic carbocycles. The van der Waals surface area contributed by atoms with Gasteiger partial charge in [0.05, 0.1) is 17.7 Å². The van der Waals surface area contributed by atoms with E-state index in [0.29, 0.717) is 23.4 Å². The van der Waals surface area contributed by atoms with E-state index in [4.69, 9.17) is 9.47 Å². The van der Waals surface area contributed by atoms with Crippen LogP contribution in [0.2, 0.25) is 0 Å². The van der Waals surface area contributed by atoms with Crippen LogP contribution in [0.5, 0.6) is 0 Å². The molecule has 1 N–H and O–H groups in total. The Kier molecular flexibility index (Phi) is 6.08. The summed E-state index contributed by atoms with van der Waals surface area (Å²) in [5.74, 6) is -1.46. The smallest absolute Gasteiger partial charge is 0.338 e. The van der Waals surface area contributed by atoms with Gasteiger partial charge in [-0.3, -0.25) is 4.79 Å². The van der Waals surface area contributed by atoms with Crippen LogP contribution in [0.3, 0.4) is 0 Å². The third-order valence-corrected chi connectivity index (χ3v) is 3.02. The van der Waals surface area contributed by atoms with E-state index in [1.54, 1.807) is 61.5 Å². The Hall–Kier alpha value is -3.15. The van der Waals surface area contributed by atoms with Gasteiger partial charge in [0.15, 0.2) is 6.61 Å². The third-order valence-electron chi connectivity index (χ3n) is 3.02. The van der Waals surface area contributed by atoms with E-state index in [1.165, 1.54) is 0 Å². The lowest BCUT2D eigenvalue weighted by Crippen LogP contribution is -2.21. The molecule has 0 aliphatic heterocycles. The van der Waals surface area contributed by atoms with E-state index in [2.05, 4.69) is 5.32 Å². The molecule has 0 saturated carbocycles. The SMILES string of the molecule is CCOC(=O)c1ccc(NC(=O)COC(=O)c2ccccc2)cc1. The molecule has 2 rings (SSSR count). The van der Waals surface area contributed by atoms with Crippen LogP contribution in [0.15, 0.2) is 54.6 Å². The van der Waals surface area contributed by atoms with Crippen molar-refractivity contribution < 1.29 is 23.9 Å². The van der Waals surface area contributed by atoms with E-state index >= 15 is 0 Å². The van der Waals surface area contributed by atoms with Gasteiger partial charge >= 0.3 is 11.9 Å². The second-order valence-electron chi connectivity index (χ2n) is 4.79. The average Bonchev–Trinajstić information content (AvgIpc) is 2.61. The van der Waals surface area contributed by atoms with Crippen molar-refractivity contribution in [2.75, 3.05) is 18.5 Å². The summed E-state index contributed by atoms with van der Waals surface area (Å²) in [5.41, 5.74) is 1.26. The molecule has 0 bridgehead atoms. The summed E-state index contributed by atoms with van der Waals surface area (Å²) in [6.07, 6.45) is 0. The molecule has 0 heterocycles. The van der Waals surface area contributed by atoms with Crippen LogP contribution in [0.25, 0.3) is 0 Å². The second kappa shape index (κ2) is 8.47. The van der Waals surface area contributed by atoms with Crippen LogP contribution < -0.4 is 5.32 Å². The maximum Gasteiger partial charge on any atom is 0.338 e. The molecule has 0 aliphatic carbocycles. The number of carbonyl (C=O) groups is 3. The van der Waals surface area contributed by atoms with Crippen LogP contribution in [-0.2, 0) is 14.3 Å². The molecule has 6 heteroatoms. The average molecular weight is 327 g/mol. The highest BCUT2D eigenvalue weighted by Gasteiger charge is 2.10. The Bertz CT molecular complexity index is 710. The van der Waals surface area contributed by atoms with Gasteiger partial charge in [-0.1, -0.05) is 18.2 Å². The fourth-order valence-corrected chi connectivity index (χ4v) is 1.89. The van der Waals surface area contributed by atoms with Crippen molar-refractivity contribution in [2.24, 2.45) is 0 Å². The molecule has 0 fully saturated rings. The highest BCUT2D eigenvalue weighted by atomic mass is 16.5.